The maximum atomic E-state index is 13.0. The Balaban J connectivity index is 1.46. The Labute approximate surface area is 172 Å². The molecule has 0 atom stereocenters. The molecule has 3 aromatic rings. The summed E-state index contributed by atoms with van der Waals surface area (Å²) in [5.41, 5.74) is 3.18. The summed E-state index contributed by atoms with van der Waals surface area (Å²) in [6, 6.07) is 12.5. The highest BCUT2D eigenvalue weighted by molar-refractivity contribution is 5.91. The minimum atomic E-state index is -0.368. The number of nitrogens with one attached hydrogen (secondary N) is 1. The van der Waals surface area contributed by atoms with Crippen LogP contribution in [-0.2, 0) is 22.2 Å². The zero-order valence-electron chi connectivity index (χ0n) is 17.6. The fourth-order valence-corrected chi connectivity index (χ4v) is 3.73. The number of hydrogen-bond acceptors (Lipinski definition) is 3. The molecule has 150 valence electrons. The van der Waals surface area contributed by atoms with Gasteiger partial charge in [-0.2, -0.15) is 0 Å². The van der Waals surface area contributed by atoms with Gasteiger partial charge in [0.1, 0.15) is 11.6 Å². The third-order valence-corrected chi connectivity index (χ3v) is 5.82. The Morgan fingerprint density at radius 1 is 1.10 bits per heavy atom. The van der Waals surface area contributed by atoms with Crippen LogP contribution < -0.4 is 5.32 Å². The molecule has 1 amide bonds. The van der Waals surface area contributed by atoms with E-state index in [1.165, 1.54) is 5.56 Å². The highest BCUT2D eigenvalue weighted by Gasteiger charge is 2.51. The summed E-state index contributed by atoms with van der Waals surface area (Å²) in [4.78, 5) is 21.7. The molecule has 0 bridgehead atoms. The molecule has 2 heterocycles. The lowest BCUT2D eigenvalue weighted by Gasteiger charge is -2.21. The number of nitrogens with zero attached hydrogens (tertiary/aromatic N) is 3. The van der Waals surface area contributed by atoms with Crippen molar-refractivity contribution < 1.29 is 4.79 Å². The van der Waals surface area contributed by atoms with Crippen LogP contribution in [-0.4, -0.2) is 20.4 Å². The quantitative estimate of drug-likeness (QED) is 0.712. The van der Waals surface area contributed by atoms with Crippen molar-refractivity contribution in [2.24, 2.45) is 0 Å². The molecule has 1 N–H and O–H groups in total. The van der Waals surface area contributed by atoms with Crippen LogP contribution in [0.2, 0.25) is 0 Å². The van der Waals surface area contributed by atoms with Gasteiger partial charge in [-0.3, -0.25) is 9.36 Å². The number of aryl methyl sites for hydroxylation is 1. The van der Waals surface area contributed by atoms with E-state index < -0.39 is 0 Å². The first-order valence-corrected chi connectivity index (χ1v) is 10.1. The maximum Gasteiger partial charge on any atom is 0.230 e. The van der Waals surface area contributed by atoms with E-state index in [1.807, 2.05) is 29.8 Å². The van der Waals surface area contributed by atoms with E-state index in [0.717, 1.165) is 35.6 Å². The number of aromatic nitrogens is 3. The SMILES string of the molecule is Cc1nccn1-c1cc(CNC(=O)C2(c3ccc(C(C)(C)C)cc3)CC2)ccn1. The normalized spacial score (nSPS) is 15.2. The largest absolute Gasteiger partial charge is 0.351 e. The van der Waals surface area contributed by atoms with Gasteiger partial charge in [-0.25, -0.2) is 9.97 Å². The van der Waals surface area contributed by atoms with Gasteiger partial charge >= 0.3 is 0 Å². The Kier molecular flexibility index (Phi) is 4.77. The lowest BCUT2D eigenvalue weighted by atomic mass is 9.85. The first-order valence-electron chi connectivity index (χ1n) is 10.1. The minimum Gasteiger partial charge on any atom is -0.351 e. The van der Waals surface area contributed by atoms with Crippen LogP contribution in [0.1, 0.15) is 56.1 Å². The van der Waals surface area contributed by atoms with E-state index in [0.29, 0.717) is 6.54 Å². The van der Waals surface area contributed by atoms with Crippen LogP contribution in [0.5, 0.6) is 0 Å². The number of carbonyl (C=O) groups excluding carboxylic acids is 1. The van der Waals surface area contributed by atoms with Crippen LogP contribution in [0, 0.1) is 6.92 Å². The number of rotatable bonds is 5. The third kappa shape index (κ3) is 3.82. The molecule has 1 fully saturated rings. The number of carbonyl (C=O) groups is 1. The summed E-state index contributed by atoms with van der Waals surface area (Å²) in [6.45, 7) is 9.05. The number of hydrogen-bond donors (Lipinski definition) is 1. The van der Waals surface area contributed by atoms with Crippen molar-refractivity contribution in [2.45, 2.75) is 57.9 Å². The number of benzene rings is 1. The highest BCUT2D eigenvalue weighted by Crippen LogP contribution is 2.48. The van der Waals surface area contributed by atoms with Gasteiger partial charge in [-0.15, -0.1) is 0 Å². The van der Waals surface area contributed by atoms with Crippen LogP contribution in [0.3, 0.4) is 0 Å². The summed E-state index contributed by atoms with van der Waals surface area (Å²) in [6.07, 6.45) is 7.23. The smallest absolute Gasteiger partial charge is 0.230 e. The van der Waals surface area contributed by atoms with Crippen molar-refractivity contribution in [3.8, 4) is 5.82 Å². The van der Waals surface area contributed by atoms with Crippen LogP contribution >= 0.6 is 0 Å². The summed E-state index contributed by atoms with van der Waals surface area (Å²) in [5.74, 6) is 1.80. The molecular formula is C24H28N4O. The molecule has 0 spiro atoms. The second-order valence-corrected chi connectivity index (χ2v) is 8.96. The highest BCUT2D eigenvalue weighted by atomic mass is 16.2. The molecule has 1 aliphatic carbocycles. The Bertz CT molecular complexity index is 1020. The molecule has 1 aromatic carbocycles. The average molecular weight is 389 g/mol. The molecule has 0 radical (unpaired) electrons. The van der Waals surface area contributed by atoms with Gasteiger partial charge in [0.25, 0.3) is 0 Å². The third-order valence-electron chi connectivity index (χ3n) is 5.82. The van der Waals surface area contributed by atoms with Crippen LogP contribution in [0.4, 0.5) is 0 Å². The summed E-state index contributed by atoms with van der Waals surface area (Å²) in [5, 5.41) is 3.14. The molecule has 1 aliphatic rings. The molecule has 5 nitrogen and oxygen atoms in total. The molecule has 0 aliphatic heterocycles. The fourth-order valence-electron chi connectivity index (χ4n) is 3.73. The van der Waals surface area contributed by atoms with Gasteiger partial charge in [0, 0.05) is 25.1 Å². The van der Waals surface area contributed by atoms with Gasteiger partial charge in [0.05, 0.1) is 5.41 Å². The van der Waals surface area contributed by atoms with Gasteiger partial charge in [0.15, 0.2) is 0 Å². The monoisotopic (exact) mass is 388 g/mol. The molecule has 4 rings (SSSR count). The van der Waals surface area contributed by atoms with Gasteiger partial charge in [0.2, 0.25) is 5.91 Å². The summed E-state index contributed by atoms with van der Waals surface area (Å²) in [7, 11) is 0. The Hall–Kier alpha value is -2.95. The molecule has 5 heteroatoms. The molecule has 0 saturated heterocycles. The van der Waals surface area contributed by atoms with E-state index in [-0.39, 0.29) is 16.7 Å². The van der Waals surface area contributed by atoms with E-state index in [2.05, 4.69) is 60.3 Å². The average Bonchev–Trinajstić information content (AvgIpc) is 3.41. The standard InChI is InChI=1S/C24H28N4O/c1-17-25-13-14-28(17)21-15-18(9-12-26-21)16-27-22(29)24(10-11-24)20-7-5-19(6-8-20)23(2,3)4/h5-9,12-15H,10-11,16H2,1-4H3,(H,27,29). The zero-order valence-corrected chi connectivity index (χ0v) is 17.6. The van der Waals surface area contributed by atoms with Gasteiger partial charge in [-0.1, -0.05) is 45.0 Å². The summed E-state index contributed by atoms with van der Waals surface area (Å²) < 4.78 is 1.93. The Morgan fingerprint density at radius 2 is 1.83 bits per heavy atom. The van der Waals surface area contributed by atoms with Crippen molar-refractivity contribution in [3.63, 3.8) is 0 Å². The van der Waals surface area contributed by atoms with E-state index >= 15 is 0 Å². The molecular weight excluding hydrogens is 360 g/mol. The number of imidazole rings is 1. The fraction of sp³-hybridized carbons (Fsp3) is 0.375. The van der Waals surface area contributed by atoms with Crippen molar-refractivity contribution in [1.29, 1.82) is 0 Å². The number of pyridine rings is 1. The lowest BCUT2D eigenvalue weighted by molar-refractivity contribution is -0.123. The first-order chi connectivity index (χ1) is 13.8. The molecule has 0 unspecified atom stereocenters. The van der Waals surface area contributed by atoms with Crippen molar-refractivity contribution in [1.82, 2.24) is 19.9 Å². The minimum absolute atomic E-state index is 0.109. The second kappa shape index (κ2) is 7.14. The summed E-state index contributed by atoms with van der Waals surface area (Å²) >= 11 is 0. The van der Waals surface area contributed by atoms with E-state index in [1.54, 1.807) is 12.4 Å². The maximum absolute atomic E-state index is 13.0. The van der Waals surface area contributed by atoms with Crippen molar-refractivity contribution >= 4 is 5.91 Å². The predicted octanol–water partition coefficient (Wildman–Crippen LogP) is 4.22. The van der Waals surface area contributed by atoms with E-state index in [4.69, 9.17) is 0 Å². The van der Waals surface area contributed by atoms with Crippen LogP contribution in [0.15, 0.2) is 55.0 Å². The van der Waals surface area contributed by atoms with Crippen LogP contribution in [0.25, 0.3) is 5.82 Å². The lowest BCUT2D eigenvalue weighted by Crippen LogP contribution is -2.34. The molecule has 29 heavy (non-hydrogen) atoms. The zero-order chi connectivity index (χ0) is 20.6. The molecule has 1 saturated carbocycles. The molecule has 2 aromatic heterocycles. The van der Waals surface area contributed by atoms with Gasteiger partial charge < -0.3 is 5.32 Å². The topological polar surface area (TPSA) is 59.8 Å². The Morgan fingerprint density at radius 3 is 2.41 bits per heavy atom. The van der Waals surface area contributed by atoms with Gasteiger partial charge in [-0.05, 0) is 54.0 Å². The predicted molar refractivity (Wildman–Crippen MR) is 114 cm³/mol. The first kappa shape index (κ1) is 19.4. The second-order valence-electron chi connectivity index (χ2n) is 8.96. The van der Waals surface area contributed by atoms with Crippen molar-refractivity contribution in [2.75, 3.05) is 0 Å². The van der Waals surface area contributed by atoms with E-state index in [9.17, 15) is 4.79 Å². The van der Waals surface area contributed by atoms with Crippen molar-refractivity contribution in [3.05, 3.63) is 77.5 Å². The number of amides is 1.